The first-order chi connectivity index (χ1) is 8.90. The van der Waals surface area contributed by atoms with Crippen molar-refractivity contribution in [3.05, 3.63) is 29.8 Å². The van der Waals surface area contributed by atoms with Crippen molar-refractivity contribution in [1.82, 2.24) is 5.32 Å². The van der Waals surface area contributed by atoms with Gasteiger partial charge >= 0.3 is 6.18 Å². The highest BCUT2D eigenvalue weighted by Gasteiger charge is 2.37. The minimum absolute atomic E-state index is 0.262. The van der Waals surface area contributed by atoms with E-state index in [-0.39, 0.29) is 5.75 Å². The molecule has 0 amide bonds. The molecule has 3 atom stereocenters. The summed E-state index contributed by atoms with van der Waals surface area (Å²) >= 11 is 0. The molecule has 0 aromatic heterocycles. The number of nitrogens with one attached hydrogen (secondary N) is 1. The number of ether oxygens (including phenoxy) is 1. The molecule has 1 fully saturated rings. The Morgan fingerprint density at radius 1 is 1.26 bits per heavy atom. The minimum Gasteiger partial charge on any atom is -0.484 e. The van der Waals surface area contributed by atoms with Crippen molar-refractivity contribution < 1.29 is 17.9 Å². The summed E-state index contributed by atoms with van der Waals surface area (Å²) in [6, 6.07) is 7.48. The van der Waals surface area contributed by atoms with Crippen molar-refractivity contribution in [2.45, 2.75) is 31.5 Å². The van der Waals surface area contributed by atoms with Gasteiger partial charge in [0.05, 0.1) is 0 Å². The maximum Gasteiger partial charge on any atom is 0.422 e. The van der Waals surface area contributed by atoms with Gasteiger partial charge in [0.15, 0.2) is 6.61 Å². The lowest BCUT2D eigenvalue weighted by Gasteiger charge is -2.43. The highest BCUT2D eigenvalue weighted by molar-refractivity contribution is 5.31. The number of hydrogen-bond donors (Lipinski definition) is 1. The zero-order chi connectivity index (χ0) is 14.0. The molecule has 0 spiro atoms. The molecule has 0 heterocycles. The molecule has 1 aromatic carbocycles. The van der Waals surface area contributed by atoms with E-state index in [1.54, 1.807) is 12.1 Å². The summed E-state index contributed by atoms with van der Waals surface area (Å²) in [7, 11) is 1.95. The van der Waals surface area contributed by atoms with Gasteiger partial charge in [-0.05, 0) is 43.0 Å². The fourth-order valence-electron chi connectivity index (χ4n) is 2.58. The molecule has 0 saturated heterocycles. The van der Waals surface area contributed by atoms with Gasteiger partial charge in [-0.1, -0.05) is 19.1 Å². The summed E-state index contributed by atoms with van der Waals surface area (Å²) in [5.41, 5.74) is 1.17. The fourth-order valence-corrected chi connectivity index (χ4v) is 2.58. The van der Waals surface area contributed by atoms with Crippen LogP contribution in [0, 0.1) is 5.92 Å². The molecular formula is C14H18F3NO. The van der Waals surface area contributed by atoms with Gasteiger partial charge in [-0.2, -0.15) is 13.2 Å². The summed E-state index contributed by atoms with van der Waals surface area (Å²) in [6.07, 6.45) is -3.22. The Bertz CT molecular complexity index is 416. The van der Waals surface area contributed by atoms with Crippen LogP contribution in [-0.4, -0.2) is 25.9 Å². The number of benzene rings is 1. The topological polar surface area (TPSA) is 21.3 Å². The molecule has 3 unspecified atom stereocenters. The second kappa shape index (κ2) is 5.41. The quantitative estimate of drug-likeness (QED) is 0.908. The smallest absolute Gasteiger partial charge is 0.422 e. The SMILES string of the molecule is CNC1CC(c2ccc(OCC(F)(F)F)cc2)C1C. The summed E-state index contributed by atoms with van der Waals surface area (Å²) in [5.74, 6) is 1.29. The van der Waals surface area contributed by atoms with Gasteiger partial charge in [0, 0.05) is 6.04 Å². The Morgan fingerprint density at radius 2 is 1.89 bits per heavy atom. The van der Waals surface area contributed by atoms with Gasteiger partial charge in [-0.25, -0.2) is 0 Å². The molecule has 5 heteroatoms. The second-order valence-corrected chi connectivity index (χ2v) is 5.07. The lowest BCUT2D eigenvalue weighted by molar-refractivity contribution is -0.153. The summed E-state index contributed by atoms with van der Waals surface area (Å²) in [4.78, 5) is 0. The molecule has 0 radical (unpaired) electrons. The predicted octanol–water partition coefficient (Wildman–Crippen LogP) is 3.34. The van der Waals surface area contributed by atoms with Crippen molar-refractivity contribution >= 4 is 0 Å². The van der Waals surface area contributed by atoms with Gasteiger partial charge in [0.25, 0.3) is 0 Å². The Balaban J connectivity index is 1.92. The second-order valence-electron chi connectivity index (χ2n) is 5.07. The molecule has 106 valence electrons. The van der Waals surface area contributed by atoms with Crippen molar-refractivity contribution in [3.63, 3.8) is 0 Å². The molecule has 2 rings (SSSR count). The minimum atomic E-state index is -4.29. The first-order valence-electron chi connectivity index (χ1n) is 6.37. The third-order valence-corrected chi connectivity index (χ3v) is 3.86. The number of rotatable bonds is 4. The van der Waals surface area contributed by atoms with Crippen LogP contribution in [0.2, 0.25) is 0 Å². The van der Waals surface area contributed by atoms with Gasteiger partial charge in [0.1, 0.15) is 5.75 Å². The monoisotopic (exact) mass is 273 g/mol. The maximum atomic E-state index is 12.0. The molecule has 0 bridgehead atoms. The summed E-state index contributed by atoms with van der Waals surface area (Å²) in [6.45, 7) is 0.942. The van der Waals surface area contributed by atoms with E-state index in [2.05, 4.69) is 17.0 Å². The molecule has 0 aliphatic heterocycles. The molecule has 19 heavy (non-hydrogen) atoms. The molecule has 1 aliphatic carbocycles. The normalized spacial score (nSPS) is 26.9. The third kappa shape index (κ3) is 3.41. The van der Waals surface area contributed by atoms with E-state index in [9.17, 15) is 13.2 Å². The van der Waals surface area contributed by atoms with Gasteiger partial charge < -0.3 is 10.1 Å². The first-order valence-corrected chi connectivity index (χ1v) is 6.37. The molecule has 1 N–H and O–H groups in total. The highest BCUT2D eigenvalue weighted by atomic mass is 19.4. The number of hydrogen-bond acceptors (Lipinski definition) is 2. The van der Waals surface area contributed by atoms with E-state index >= 15 is 0 Å². The largest absolute Gasteiger partial charge is 0.484 e. The average molecular weight is 273 g/mol. The van der Waals surface area contributed by atoms with E-state index in [1.807, 2.05) is 19.2 Å². The first kappa shape index (κ1) is 14.2. The van der Waals surface area contributed by atoms with Gasteiger partial charge in [0.2, 0.25) is 0 Å². The van der Waals surface area contributed by atoms with Crippen LogP contribution in [0.4, 0.5) is 13.2 Å². The van der Waals surface area contributed by atoms with Crippen LogP contribution in [0.5, 0.6) is 5.75 Å². The maximum absolute atomic E-state index is 12.0. The Hall–Kier alpha value is -1.23. The van der Waals surface area contributed by atoms with E-state index in [4.69, 9.17) is 0 Å². The molecule has 1 aliphatic rings. The van der Waals surface area contributed by atoms with Crippen LogP contribution in [-0.2, 0) is 0 Å². The average Bonchev–Trinajstić information content (AvgIpc) is 2.36. The summed E-state index contributed by atoms with van der Waals surface area (Å²) < 4.78 is 40.7. The van der Waals surface area contributed by atoms with E-state index in [0.29, 0.717) is 17.9 Å². The Labute approximate surface area is 111 Å². The fraction of sp³-hybridized carbons (Fsp3) is 0.571. The predicted molar refractivity (Wildman–Crippen MR) is 67.4 cm³/mol. The van der Waals surface area contributed by atoms with Crippen LogP contribution in [0.1, 0.15) is 24.8 Å². The van der Waals surface area contributed by atoms with Crippen LogP contribution in [0.25, 0.3) is 0 Å². The van der Waals surface area contributed by atoms with Gasteiger partial charge in [-0.3, -0.25) is 0 Å². The lowest BCUT2D eigenvalue weighted by Crippen LogP contribution is -2.46. The number of alkyl halides is 3. The van der Waals surface area contributed by atoms with E-state index in [0.717, 1.165) is 6.42 Å². The number of halogens is 3. The standard InChI is InChI=1S/C14H18F3NO/c1-9-12(7-13(9)18-2)10-3-5-11(6-4-10)19-8-14(15,16)17/h3-6,9,12-13,18H,7-8H2,1-2H3. The van der Waals surface area contributed by atoms with Crippen molar-refractivity contribution in [2.24, 2.45) is 5.92 Å². The van der Waals surface area contributed by atoms with E-state index < -0.39 is 12.8 Å². The zero-order valence-corrected chi connectivity index (χ0v) is 11.0. The van der Waals surface area contributed by atoms with Crippen molar-refractivity contribution in [1.29, 1.82) is 0 Å². The van der Waals surface area contributed by atoms with Gasteiger partial charge in [-0.15, -0.1) is 0 Å². The van der Waals surface area contributed by atoms with Crippen molar-refractivity contribution in [3.8, 4) is 5.75 Å². The lowest BCUT2D eigenvalue weighted by atomic mass is 9.67. The summed E-state index contributed by atoms with van der Waals surface area (Å²) in [5, 5.41) is 3.25. The zero-order valence-electron chi connectivity index (χ0n) is 11.0. The molecular weight excluding hydrogens is 255 g/mol. The Morgan fingerprint density at radius 3 is 2.37 bits per heavy atom. The third-order valence-electron chi connectivity index (χ3n) is 3.86. The molecule has 1 aromatic rings. The van der Waals surface area contributed by atoms with Crippen molar-refractivity contribution in [2.75, 3.05) is 13.7 Å². The van der Waals surface area contributed by atoms with Crippen LogP contribution >= 0.6 is 0 Å². The van der Waals surface area contributed by atoms with Crippen LogP contribution in [0.15, 0.2) is 24.3 Å². The van der Waals surface area contributed by atoms with E-state index in [1.165, 1.54) is 5.56 Å². The van der Waals surface area contributed by atoms with Crippen LogP contribution < -0.4 is 10.1 Å². The molecule has 2 nitrogen and oxygen atoms in total. The highest BCUT2D eigenvalue weighted by Crippen LogP contribution is 2.42. The van der Waals surface area contributed by atoms with Crippen LogP contribution in [0.3, 0.4) is 0 Å². The Kier molecular flexibility index (Phi) is 4.04. The molecule has 1 saturated carbocycles.